The van der Waals surface area contributed by atoms with Gasteiger partial charge in [0, 0.05) is 0 Å². The van der Waals surface area contributed by atoms with E-state index in [1.54, 1.807) is 0 Å². The predicted molar refractivity (Wildman–Crippen MR) is 17.3 cm³/mol. The van der Waals surface area contributed by atoms with Crippen LogP contribution in [-0.2, 0) is 74.1 Å². The summed E-state index contributed by atoms with van der Waals surface area (Å²) in [6.45, 7) is 0. The third-order valence-corrected chi connectivity index (χ3v) is 0. The van der Waals surface area contributed by atoms with Crippen LogP contribution in [0, 0.1) is 0 Å². The zero-order valence-corrected chi connectivity index (χ0v) is 21.4. The summed E-state index contributed by atoms with van der Waals surface area (Å²) in [5.41, 5.74) is 0. The van der Waals surface area contributed by atoms with Crippen molar-refractivity contribution < 1.29 is 74.1 Å². The summed E-state index contributed by atoms with van der Waals surface area (Å²) in [5, 5.41) is 0. The summed E-state index contributed by atoms with van der Waals surface area (Å²) in [5.74, 6) is 0. The first-order valence-corrected chi connectivity index (χ1v) is 0. The van der Waals surface area contributed by atoms with E-state index in [4.69, 9.17) is 0 Å². The Morgan fingerprint density at radius 3 is 0.500 bits per heavy atom. The molecule has 0 nitrogen and oxygen atoms in total. The molecule has 0 saturated heterocycles. The molecule has 0 heterocycles. The third kappa shape index (κ3) is 23.2. The van der Waals surface area contributed by atoms with Crippen molar-refractivity contribution in [3.05, 3.63) is 0 Å². The van der Waals surface area contributed by atoms with Gasteiger partial charge < -0.3 is 71.0 Å². The molecule has 0 unspecified atom stereocenters. The molecule has 24 valence electrons. The maximum absolute atomic E-state index is 0. The van der Waals surface area contributed by atoms with Gasteiger partial charge in [0.05, 0.1) is 0 Å². The smallest absolute Gasteiger partial charge is 2.00 e. The zero-order chi connectivity index (χ0) is 0. The maximum Gasteiger partial charge on any atom is 2.00 e. The van der Waals surface area contributed by atoms with E-state index >= 15 is 0 Å². The van der Waals surface area contributed by atoms with Crippen molar-refractivity contribution in [2.75, 3.05) is 0 Å². The monoisotopic (exact) mass is 681 g/mol. The normalized spacial score (nSPS) is 0. The van der Waals surface area contributed by atoms with Crippen LogP contribution >= 0.6 is 0 Å². The largest absolute Gasteiger partial charge is 2.00 e. The molecular formula is Cd2Te3Zn. The minimum Gasteiger partial charge on any atom is -2.00 e. The number of hydrogen-bond acceptors (Lipinski definition) is 0. The van der Waals surface area contributed by atoms with Gasteiger partial charge in [0.15, 0.2) is 0 Å². The maximum atomic E-state index is 0. The Morgan fingerprint density at radius 2 is 0.500 bits per heavy atom. The average molecular weight is 673 g/mol. The van der Waals surface area contributed by atoms with Crippen molar-refractivity contribution in [2.45, 2.75) is 0 Å². The molecule has 0 rings (SSSR count). The van der Waals surface area contributed by atoms with Crippen LogP contribution in [0.25, 0.3) is 0 Å². The van der Waals surface area contributed by atoms with Crippen LogP contribution in [0.3, 0.4) is 0 Å². The topological polar surface area (TPSA) is 0 Å². The van der Waals surface area contributed by atoms with Crippen LogP contribution < -0.4 is 0 Å². The van der Waals surface area contributed by atoms with Gasteiger partial charge in [0.25, 0.3) is 0 Å². The van der Waals surface area contributed by atoms with Crippen molar-refractivity contribution in [3.8, 4) is 0 Å². The Kier molecular flexibility index (Phi) is 245. The van der Waals surface area contributed by atoms with Crippen molar-refractivity contribution in [2.24, 2.45) is 0 Å². The van der Waals surface area contributed by atoms with Gasteiger partial charge in [-0.3, -0.25) is 0 Å². The molecule has 0 aliphatic rings. The average Bonchev–Trinajstić information content (AvgIpc) is 0. The van der Waals surface area contributed by atoms with Gasteiger partial charge in [-0.15, -0.1) is 0 Å². The van der Waals surface area contributed by atoms with Gasteiger partial charge in [-0.2, -0.15) is 0 Å². The molecule has 0 aromatic carbocycles. The summed E-state index contributed by atoms with van der Waals surface area (Å²) < 4.78 is 0. The Hall–Kier alpha value is 4.84. The van der Waals surface area contributed by atoms with E-state index in [1.165, 1.54) is 0 Å². The fourth-order valence-corrected chi connectivity index (χ4v) is 0. The fraction of sp³-hybridized carbons (Fsp3) is 0. The summed E-state index contributed by atoms with van der Waals surface area (Å²) >= 11 is 0. The van der Waals surface area contributed by atoms with E-state index in [9.17, 15) is 0 Å². The minimum absolute atomic E-state index is 0. The molecule has 0 aromatic heterocycles. The second-order valence-electron chi connectivity index (χ2n) is 0. The minimum atomic E-state index is 0. The fourth-order valence-electron chi connectivity index (χ4n) is 0. The van der Waals surface area contributed by atoms with E-state index in [-0.39, 0.29) is 145 Å². The first-order valence-electron chi connectivity index (χ1n) is 0. The second kappa shape index (κ2) is 32.8. The molecule has 0 radical (unpaired) electrons. The number of rotatable bonds is 0. The summed E-state index contributed by atoms with van der Waals surface area (Å²) in [7, 11) is 0. The first kappa shape index (κ1) is 44.8. The molecule has 0 fully saturated rings. The molecular weight excluding hydrogens is 673 g/mol. The van der Waals surface area contributed by atoms with E-state index in [0.29, 0.717) is 0 Å². The molecule has 0 N–H and O–H groups in total. The van der Waals surface area contributed by atoms with Crippen LogP contribution in [0.1, 0.15) is 0 Å². The van der Waals surface area contributed by atoms with Crippen molar-refractivity contribution in [1.29, 1.82) is 0 Å². The Balaban J connectivity index is 0. The summed E-state index contributed by atoms with van der Waals surface area (Å²) in [4.78, 5) is 0. The molecule has 0 amide bonds. The standard InChI is InChI=1S/2Cd.3Te.Zn/q2*+2;3*-2;+2. The van der Waals surface area contributed by atoms with E-state index < -0.39 is 0 Å². The number of hydrogen-bond donors (Lipinski definition) is 0. The van der Waals surface area contributed by atoms with Crippen LogP contribution in [0.15, 0.2) is 0 Å². The van der Waals surface area contributed by atoms with E-state index in [2.05, 4.69) is 0 Å². The van der Waals surface area contributed by atoms with Gasteiger partial charge in [-0.05, 0) is 0 Å². The second-order valence-corrected chi connectivity index (χ2v) is 0. The third-order valence-electron chi connectivity index (χ3n) is 0. The van der Waals surface area contributed by atoms with Crippen molar-refractivity contribution in [1.82, 2.24) is 0 Å². The first-order chi connectivity index (χ1) is 0. The molecule has 0 saturated carbocycles. The predicted octanol–water partition coefficient (Wildman–Crippen LogP) is -1.15. The quantitative estimate of drug-likeness (QED) is 0.286. The molecule has 6 heavy (non-hydrogen) atoms. The Labute approximate surface area is 141 Å². The molecule has 0 spiro atoms. The Morgan fingerprint density at radius 1 is 0.500 bits per heavy atom. The Bertz CT molecular complexity index is 8.75. The van der Waals surface area contributed by atoms with Gasteiger partial charge in [0.2, 0.25) is 0 Å². The molecule has 0 aromatic rings. The summed E-state index contributed by atoms with van der Waals surface area (Å²) in [6, 6.07) is 0. The molecule has 6 heteroatoms. The van der Waals surface area contributed by atoms with Gasteiger partial charge in [-0.1, -0.05) is 0 Å². The van der Waals surface area contributed by atoms with Gasteiger partial charge >= 0.3 is 74.1 Å². The SMILES string of the molecule is [Cd+2].[Cd+2].[Te-2].[Te-2].[Te-2].[Zn+2]. The van der Waals surface area contributed by atoms with Crippen molar-refractivity contribution >= 4 is 71.0 Å². The molecule has 0 aliphatic carbocycles. The van der Waals surface area contributed by atoms with E-state index in [0.717, 1.165) is 0 Å². The van der Waals surface area contributed by atoms with Crippen LogP contribution in [0.2, 0.25) is 0 Å². The van der Waals surface area contributed by atoms with Crippen LogP contribution in [0.4, 0.5) is 0 Å². The van der Waals surface area contributed by atoms with Crippen LogP contribution in [-0.4, -0.2) is 71.0 Å². The molecule has 0 bridgehead atoms. The van der Waals surface area contributed by atoms with Crippen LogP contribution in [0.5, 0.6) is 0 Å². The molecule has 0 aliphatic heterocycles. The summed E-state index contributed by atoms with van der Waals surface area (Å²) in [6.07, 6.45) is 0. The van der Waals surface area contributed by atoms with E-state index in [1.807, 2.05) is 0 Å². The van der Waals surface area contributed by atoms with Crippen molar-refractivity contribution in [3.63, 3.8) is 0 Å². The van der Waals surface area contributed by atoms with Gasteiger partial charge in [0.1, 0.15) is 0 Å². The zero-order valence-electron chi connectivity index (χ0n) is 3.35. The molecule has 0 atom stereocenters. The van der Waals surface area contributed by atoms with Gasteiger partial charge in [-0.25, -0.2) is 0 Å².